The summed E-state index contributed by atoms with van der Waals surface area (Å²) in [5.41, 5.74) is 2.70. The molecular formula is C14H16N2S. The van der Waals surface area contributed by atoms with E-state index in [2.05, 4.69) is 22.4 Å². The van der Waals surface area contributed by atoms with Crippen LogP contribution in [0.5, 0.6) is 0 Å². The first-order chi connectivity index (χ1) is 8.42. The van der Waals surface area contributed by atoms with Gasteiger partial charge in [-0.25, -0.2) is 0 Å². The summed E-state index contributed by atoms with van der Waals surface area (Å²) >= 11 is 1.97. The van der Waals surface area contributed by atoms with Crippen LogP contribution in [0.2, 0.25) is 0 Å². The maximum Gasteiger partial charge on any atom is 0.0541 e. The normalized spacial score (nSPS) is 13.9. The molecule has 2 aromatic heterocycles. The van der Waals surface area contributed by atoms with E-state index in [1.54, 1.807) is 10.4 Å². The lowest BCUT2D eigenvalue weighted by Crippen LogP contribution is -2.12. The zero-order valence-corrected chi connectivity index (χ0v) is 10.6. The standard InChI is InChI=1S/C14H16N2S/c1-2-7-16-12(5-1)9-15-10-13-8-11-4-3-6-14(11)17-13/h1-2,5,7-8,15H,3-4,6,9-10H2. The number of nitrogens with zero attached hydrogens (tertiary/aromatic N) is 1. The minimum Gasteiger partial charge on any atom is -0.306 e. The summed E-state index contributed by atoms with van der Waals surface area (Å²) < 4.78 is 0. The van der Waals surface area contributed by atoms with E-state index in [0.29, 0.717) is 0 Å². The van der Waals surface area contributed by atoms with Crippen molar-refractivity contribution in [1.29, 1.82) is 0 Å². The minimum atomic E-state index is 0.851. The van der Waals surface area contributed by atoms with Crippen LogP contribution < -0.4 is 5.32 Å². The molecule has 1 aliphatic carbocycles. The molecule has 2 aromatic rings. The van der Waals surface area contributed by atoms with Gasteiger partial charge in [0.2, 0.25) is 0 Å². The van der Waals surface area contributed by atoms with Crippen molar-refractivity contribution in [2.75, 3.05) is 0 Å². The molecule has 2 heterocycles. The fourth-order valence-corrected chi connectivity index (χ4v) is 3.52. The molecule has 3 heteroatoms. The first kappa shape index (κ1) is 10.9. The minimum absolute atomic E-state index is 0.851. The van der Waals surface area contributed by atoms with Crippen molar-refractivity contribution in [3.63, 3.8) is 0 Å². The number of pyridine rings is 1. The quantitative estimate of drug-likeness (QED) is 0.894. The van der Waals surface area contributed by atoms with E-state index in [4.69, 9.17) is 0 Å². The Labute approximate surface area is 106 Å². The van der Waals surface area contributed by atoms with Crippen LogP contribution in [0.25, 0.3) is 0 Å². The van der Waals surface area contributed by atoms with Crippen LogP contribution >= 0.6 is 11.3 Å². The zero-order valence-electron chi connectivity index (χ0n) is 9.78. The van der Waals surface area contributed by atoms with Gasteiger partial charge >= 0.3 is 0 Å². The van der Waals surface area contributed by atoms with Gasteiger partial charge in [-0.15, -0.1) is 11.3 Å². The highest BCUT2D eigenvalue weighted by Crippen LogP contribution is 2.30. The summed E-state index contributed by atoms with van der Waals surface area (Å²) in [6.45, 7) is 1.82. The van der Waals surface area contributed by atoms with Crippen LogP contribution in [0.4, 0.5) is 0 Å². The Kier molecular flexibility index (Phi) is 3.20. The van der Waals surface area contributed by atoms with Gasteiger partial charge < -0.3 is 5.32 Å². The summed E-state index contributed by atoms with van der Waals surface area (Å²) in [6.07, 6.45) is 5.77. The highest BCUT2D eigenvalue weighted by molar-refractivity contribution is 7.12. The molecule has 17 heavy (non-hydrogen) atoms. The molecule has 1 aliphatic rings. The molecule has 0 saturated heterocycles. The molecule has 0 spiro atoms. The Bertz CT molecular complexity index is 469. The molecule has 88 valence electrons. The monoisotopic (exact) mass is 244 g/mol. The van der Waals surface area contributed by atoms with Crippen LogP contribution in [0.15, 0.2) is 30.5 Å². The maximum absolute atomic E-state index is 4.30. The Balaban J connectivity index is 1.54. The average Bonchev–Trinajstić information content (AvgIpc) is 2.91. The highest BCUT2D eigenvalue weighted by atomic mass is 32.1. The van der Waals surface area contributed by atoms with Gasteiger partial charge in [0.25, 0.3) is 0 Å². The SMILES string of the molecule is c1ccc(CNCc2cc3c(s2)CCC3)nc1. The van der Waals surface area contributed by atoms with Crippen molar-refractivity contribution < 1.29 is 0 Å². The Morgan fingerprint density at radius 2 is 2.24 bits per heavy atom. The smallest absolute Gasteiger partial charge is 0.0541 e. The van der Waals surface area contributed by atoms with Gasteiger partial charge in [-0.3, -0.25) is 4.98 Å². The molecule has 0 saturated carbocycles. The van der Waals surface area contributed by atoms with E-state index in [0.717, 1.165) is 18.8 Å². The summed E-state index contributed by atoms with van der Waals surface area (Å²) in [5, 5.41) is 3.45. The molecule has 0 aromatic carbocycles. The molecule has 0 atom stereocenters. The largest absolute Gasteiger partial charge is 0.306 e. The van der Waals surface area contributed by atoms with E-state index in [-0.39, 0.29) is 0 Å². The Hall–Kier alpha value is -1.19. The lowest BCUT2D eigenvalue weighted by atomic mass is 10.2. The first-order valence-electron chi connectivity index (χ1n) is 6.13. The number of aromatic nitrogens is 1. The number of nitrogens with one attached hydrogen (secondary N) is 1. The van der Waals surface area contributed by atoms with Crippen LogP contribution in [0.1, 0.15) is 27.4 Å². The summed E-state index contributed by atoms with van der Waals surface area (Å²) in [5.74, 6) is 0. The molecule has 0 unspecified atom stereocenters. The van der Waals surface area contributed by atoms with Gasteiger partial charge in [0.05, 0.1) is 5.69 Å². The van der Waals surface area contributed by atoms with Crippen molar-refractivity contribution in [3.05, 3.63) is 51.5 Å². The predicted octanol–water partition coefficient (Wildman–Crippen LogP) is 2.92. The van der Waals surface area contributed by atoms with Crippen molar-refractivity contribution in [2.45, 2.75) is 32.4 Å². The summed E-state index contributed by atoms with van der Waals surface area (Å²) in [6, 6.07) is 8.41. The number of hydrogen-bond acceptors (Lipinski definition) is 3. The van der Waals surface area contributed by atoms with Gasteiger partial charge in [-0.2, -0.15) is 0 Å². The fraction of sp³-hybridized carbons (Fsp3) is 0.357. The van der Waals surface area contributed by atoms with Crippen molar-refractivity contribution >= 4 is 11.3 Å². The second-order valence-corrected chi connectivity index (χ2v) is 5.66. The van der Waals surface area contributed by atoms with E-state index >= 15 is 0 Å². The third-order valence-electron chi connectivity index (χ3n) is 3.13. The number of fused-ring (bicyclic) bond motifs is 1. The van der Waals surface area contributed by atoms with Gasteiger partial charge in [0.15, 0.2) is 0 Å². The number of aryl methyl sites for hydroxylation is 2. The fourth-order valence-electron chi connectivity index (χ4n) is 2.29. The van der Waals surface area contributed by atoms with Crippen LogP contribution in [0, 0.1) is 0 Å². The first-order valence-corrected chi connectivity index (χ1v) is 6.94. The molecule has 3 rings (SSSR count). The number of rotatable bonds is 4. The van der Waals surface area contributed by atoms with E-state index in [9.17, 15) is 0 Å². The Morgan fingerprint density at radius 1 is 1.24 bits per heavy atom. The molecule has 0 radical (unpaired) electrons. The molecule has 1 N–H and O–H groups in total. The molecule has 0 bridgehead atoms. The molecule has 0 aliphatic heterocycles. The maximum atomic E-state index is 4.30. The van der Waals surface area contributed by atoms with Crippen LogP contribution in [-0.2, 0) is 25.9 Å². The highest BCUT2D eigenvalue weighted by Gasteiger charge is 2.14. The summed E-state index contributed by atoms with van der Waals surface area (Å²) in [7, 11) is 0. The van der Waals surface area contributed by atoms with Crippen molar-refractivity contribution in [2.24, 2.45) is 0 Å². The summed E-state index contributed by atoms with van der Waals surface area (Å²) in [4.78, 5) is 7.38. The van der Waals surface area contributed by atoms with Crippen LogP contribution in [-0.4, -0.2) is 4.98 Å². The van der Waals surface area contributed by atoms with Crippen molar-refractivity contribution in [3.8, 4) is 0 Å². The molecular weight excluding hydrogens is 228 g/mol. The third-order valence-corrected chi connectivity index (χ3v) is 4.37. The molecule has 2 nitrogen and oxygen atoms in total. The van der Waals surface area contributed by atoms with Gasteiger partial charge in [0.1, 0.15) is 0 Å². The number of thiophene rings is 1. The predicted molar refractivity (Wildman–Crippen MR) is 71.1 cm³/mol. The molecule has 0 fully saturated rings. The average molecular weight is 244 g/mol. The van der Waals surface area contributed by atoms with Gasteiger partial charge in [-0.05, 0) is 43.0 Å². The van der Waals surface area contributed by atoms with E-state index in [1.165, 1.54) is 24.1 Å². The van der Waals surface area contributed by atoms with E-state index < -0.39 is 0 Å². The molecule has 0 amide bonds. The van der Waals surface area contributed by atoms with Gasteiger partial charge in [-0.1, -0.05) is 6.07 Å². The topological polar surface area (TPSA) is 24.9 Å². The lowest BCUT2D eigenvalue weighted by molar-refractivity contribution is 0.686. The van der Waals surface area contributed by atoms with Crippen LogP contribution in [0.3, 0.4) is 0 Å². The zero-order chi connectivity index (χ0) is 11.5. The number of hydrogen-bond donors (Lipinski definition) is 1. The lowest BCUT2D eigenvalue weighted by Gasteiger charge is -2.02. The second kappa shape index (κ2) is 4.98. The van der Waals surface area contributed by atoms with Crippen molar-refractivity contribution in [1.82, 2.24) is 10.3 Å². The third kappa shape index (κ3) is 2.56. The van der Waals surface area contributed by atoms with E-state index in [1.807, 2.05) is 29.7 Å². The second-order valence-electron chi connectivity index (χ2n) is 4.44. The Morgan fingerprint density at radius 3 is 3.06 bits per heavy atom. The van der Waals surface area contributed by atoms with Gasteiger partial charge in [0, 0.05) is 29.0 Å².